The van der Waals surface area contributed by atoms with Crippen LogP contribution >= 0.6 is 0 Å². The van der Waals surface area contributed by atoms with Crippen molar-refractivity contribution in [1.29, 1.82) is 0 Å². The first-order valence-electron chi connectivity index (χ1n) is 11.2. The third-order valence-electron chi connectivity index (χ3n) is 6.33. The van der Waals surface area contributed by atoms with E-state index in [9.17, 15) is 9.18 Å². The standard InChI is InChI=1S/C26H26FN5O2/c1-30-24-19(26(33)32-13-11-31(12-14-32)22-9-5-4-8-20(22)27)15-17(28)16-21(24)29-25(30)18-7-3-6-10-23(18)34-2/h3-10,15-16H,11-14,28H2,1-2H3. The topological polar surface area (TPSA) is 76.6 Å². The number of halogens is 1. The first kappa shape index (κ1) is 21.8. The van der Waals surface area contributed by atoms with Crippen molar-refractivity contribution in [3.63, 3.8) is 0 Å². The Balaban J connectivity index is 1.47. The van der Waals surface area contributed by atoms with Crippen LogP contribution in [0.5, 0.6) is 5.75 Å². The van der Waals surface area contributed by atoms with Crippen molar-refractivity contribution in [3.05, 3.63) is 72.0 Å². The number of nitrogens with two attached hydrogens (primary N) is 1. The second-order valence-corrected chi connectivity index (χ2v) is 8.36. The number of imidazole rings is 1. The van der Waals surface area contributed by atoms with Crippen LogP contribution in [-0.2, 0) is 7.05 Å². The fraction of sp³-hybridized carbons (Fsp3) is 0.231. The number of benzene rings is 3. The lowest BCUT2D eigenvalue weighted by Gasteiger charge is -2.36. The molecule has 2 N–H and O–H groups in total. The lowest BCUT2D eigenvalue weighted by atomic mass is 10.1. The summed E-state index contributed by atoms with van der Waals surface area (Å²) in [6, 6.07) is 17.9. The maximum atomic E-state index is 14.2. The lowest BCUT2D eigenvalue weighted by molar-refractivity contribution is 0.0748. The minimum Gasteiger partial charge on any atom is -0.496 e. The fourth-order valence-electron chi connectivity index (χ4n) is 4.64. The highest BCUT2D eigenvalue weighted by atomic mass is 19.1. The zero-order valence-corrected chi connectivity index (χ0v) is 19.2. The molecule has 0 unspecified atom stereocenters. The summed E-state index contributed by atoms with van der Waals surface area (Å²) < 4.78 is 21.6. The van der Waals surface area contributed by atoms with Gasteiger partial charge < -0.3 is 24.8 Å². The monoisotopic (exact) mass is 459 g/mol. The van der Waals surface area contributed by atoms with Crippen LogP contribution < -0.4 is 15.4 Å². The summed E-state index contributed by atoms with van der Waals surface area (Å²) in [5.41, 5.74) is 9.91. The highest BCUT2D eigenvalue weighted by Crippen LogP contribution is 2.33. The van der Waals surface area contributed by atoms with E-state index < -0.39 is 0 Å². The Morgan fingerprint density at radius 1 is 1.03 bits per heavy atom. The van der Waals surface area contributed by atoms with Gasteiger partial charge in [0, 0.05) is 38.9 Å². The number of anilines is 2. The van der Waals surface area contributed by atoms with Crippen LogP contribution in [0.1, 0.15) is 10.4 Å². The Morgan fingerprint density at radius 2 is 1.74 bits per heavy atom. The van der Waals surface area contributed by atoms with Crippen molar-refractivity contribution >= 4 is 28.3 Å². The number of aromatic nitrogens is 2. The molecule has 4 aromatic rings. The molecule has 1 amide bonds. The highest BCUT2D eigenvalue weighted by molar-refractivity contribution is 6.07. The fourth-order valence-corrected chi connectivity index (χ4v) is 4.64. The van der Waals surface area contributed by atoms with Gasteiger partial charge in [0.1, 0.15) is 17.4 Å². The molecule has 1 aromatic heterocycles. The Labute approximate surface area is 197 Å². The molecule has 34 heavy (non-hydrogen) atoms. The molecule has 1 aliphatic heterocycles. The van der Waals surface area contributed by atoms with E-state index >= 15 is 0 Å². The average molecular weight is 460 g/mol. The minimum absolute atomic E-state index is 0.111. The smallest absolute Gasteiger partial charge is 0.256 e. The third kappa shape index (κ3) is 3.71. The van der Waals surface area contributed by atoms with Crippen LogP contribution in [0.3, 0.4) is 0 Å². The number of nitrogens with zero attached hydrogens (tertiary/aromatic N) is 4. The number of methoxy groups -OCH3 is 1. The molecule has 3 aromatic carbocycles. The van der Waals surface area contributed by atoms with E-state index in [-0.39, 0.29) is 11.7 Å². The number of fused-ring (bicyclic) bond motifs is 1. The van der Waals surface area contributed by atoms with Crippen LogP contribution in [0.2, 0.25) is 0 Å². The predicted molar refractivity (Wildman–Crippen MR) is 132 cm³/mol. The largest absolute Gasteiger partial charge is 0.496 e. The van der Waals surface area contributed by atoms with E-state index in [4.69, 9.17) is 15.5 Å². The number of ether oxygens (including phenoxy) is 1. The molecule has 7 nitrogen and oxygen atoms in total. The number of hydrogen-bond acceptors (Lipinski definition) is 5. The number of carbonyl (C=O) groups is 1. The van der Waals surface area contributed by atoms with E-state index in [1.807, 2.05) is 46.8 Å². The van der Waals surface area contributed by atoms with Crippen LogP contribution in [-0.4, -0.2) is 53.6 Å². The third-order valence-corrected chi connectivity index (χ3v) is 6.33. The van der Waals surface area contributed by atoms with Gasteiger partial charge in [0.15, 0.2) is 0 Å². The molecule has 0 spiro atoms. The van der Waals surface area contributed by atoms with Gasteiger partial charge in [-0.1, -0.05) is 24.3 Å². The van der Waals surface area contributed by atoms with Gasteiger partial charge in [0.05, 0.1) is 35.0 Å². The number of rotatable bonds is 4. The van der Waals surface area contributed by atoms with Crippen LogP contribution in [0.15, 0.2) is 60.7 Å². The molecule has 1 fully saturated rings. The molecule has 0 saturated carbocycles. The van der Waals surface area contributed by atoms with Crippen molar-refractivity contribution in [1.82, 2.24) is 14.5 Å². The summed E-state index contributed by atoms with van der Waals surface area (Å²) >= 11 is 0. The number of amides is 1. The van der Waals surface area contributed by atoms with E-state index in [0.717, 1.165) is 11.1 Å². The van der Waals surface area contributed by atoms with Gasteiger partial charge in [-0.3, -0.25) is 4.79 Å². The van der Waals surface area contributed by atoms with E-state index in [1.165, 1.54) is 6.07 Å². The van der Waals surface area contributed by atoms with Crippen molar-refractivity contribution in [2.75, 3.05) is 43.9 Å². The minimum atomic E-state index is -0.251. The van der Waals surface area contributed by atoms with Gasteiger partial charge in [-0.2, -0.15) is 0 Å². The molecule has 8 heteroatoms. The summed E-state index contributed by atoms with van der Waals surface area (Å²) in [6.07, 6.45) is 0. The molecule has 0 radical (unpaired) electrons. The SMILES string of the molecule is COc1ccccc1-c1nc2cc(N)cc(C(=O)N3CCN(c4ccccc4F)CC3)c2n1C. The molecular formula is C26H26FN5O2. The van der Waals surface area contributed by atoms with Crippen LogP contribution in [0.4, 0.5) is 15.8 Å². The Hall–Kier alpha value is -4.07. The molecule has 0 aliphatic carbocycles. The van der Waals surface area contributed by atoms with Gasteiger partial charge in [0.2, 0.25) is 0 Å². The number of carbonyl (C=O) groups excluding carboxylic acids is 1. The van der Waals surface area contributed by atoms with Gasteiger partial charge in [-0.15, -0.1) is 0 Å². The Morgan fingerprint density at radius 3 is 2.47 bits per heavy atom. The normalized spacial score (nSPS) is 14.0. The second kappa shape index (κ2) is 8.70. The molecule has 5 rings (SSSR count). The predicted octanol–water partition coefficient (Wildman–Crippen LogP) is 3.93. The first-order valence-corrected chi connectivity index (χ1v) is 11.2. The molecule has 1 saturated heterocycles. The van der Waals surface area contributed by atoms with Crippen LogP contribution in [0, 0.1) is 5.82 Å². The molecule has 0 atom stereocenters. The number of aryl methyl sites for hydroxylation is 1. The first-order chi connectivity index (χ1) is 16.5. The van der Waals surface area contributed by atoms with Gasteiger partial charge in [-0.25, -0.2) is 9.37 Å². The second-order valence-electron chi connectivity index (χ2n) is 8.36. The zero-order chi connectivity index (χ0) is 23.8. The Kier molecular flexibility index (Phi) is 5.57. The number of hydrogen-bond donors (Lipinski definition) is 1. The average Bonchev–Trinajstić information content (AvgIpc) is 3.19. The number of piperazine rings is 1. The number of nitrogen functional groups attached to an aromatic ring is 1. The van der Waals surface area contributed by atoms with E-state index in [2.05, 4.69) is 0 Å². The summed E-state index contributed by atoms with van der Waals surface area (Å²) in [4.78, 5) is 22.2. The van der Waals surface area contributed by atoms with Crippen molar-refractivity contribution in [2.45, 2.75) is 0 Å². The molecular weight excluding hydrogens is 433 g/mol. The summed E-state index contributed by atoms with van der Waals surface area (Å²) in [5.74, 6) is 1.03. The zero-order valence-electron chi connectivity index (χ0n) is 19.2. The maximum absolute atomic E-state index is 14.2. The molecule has 1 aliphatic rings. The van der Waals surface area contributed by atoms with Crippen LogP contribution in [0.25, 0.3) is 22.4 Å². The van der Waals surface area contributed by atoms with E-state index in [1.54, 1.807) is 36.3 Å². The van der Waals surface area contributed by atoms with Gasteiger partial charge >= 0.3 is 0 Å². The van der Waals surface area contributed by atoms with Crippen molar-refractivity contribution in [2.24, 2.45) is 7.05 Å². The summed E-state index contributed by atoms with van der Waals surface area (Å²) in [7, 11) is 3.51. The Bertz CT molecular complexity index is 1380. The molecule has 174 valence electrons. The summed E-state index contributed by atoms with van der Waals surface area (Å²) in [5, 5.41) is 0. The molecule has 2 heterocycles. The maximum Gasteiger partial charge on any atom is 0.256 e. The van der Waals surface area contributed by atoms with E-state index in [0.29, 0.717) is 60.2 Å². The van der Waals surface area contributed by atoms with Crippen molar-refractivity contribution in [3.8, 4) is 17.1 Å². The van der Waals surface area contributed by atoms with Gasteiger partial charge in [0.25, 0.3) is 5.91 Å². The number of para-hydroxylation sites is 2. The quantitative estimate of drug-likeness (QED) is 0.468. The highest BCUT2D eigenvalue weighted by Gasteiger charge is 2.27. The molecule has 0 bridgehead atoms. The van der Waals surface area contributed by atoms with Crippen molar-refractivity contribution < 1.29 is 13.9 Å². The lowest BCUT2D eigenvalue weighted by Crippen LogP contribution is -2.49. The summed E-state index contributed by atoms with van der Waals surface area (Å²) in [6.45, 7) is 2.08. The van der Waals surface area contributed by atoms with Gasteiger partial charge in [-0.05, 0) is 36.4 Å².